The molecule has 1 atom stereocenters. The molecule has 3 aromatic rings. The van der Waals surface area contributed by atoms with Crippen molar-refractivity contribution >= 4 is 23.2 Å². The van der Waals surface area contributed by atoms with E-state index >= 15 is 0 Å². The second-order valence-corrected chi connectivity index (χ2v) is 7.94. The molecule has 2 aromatic carbocycles. The minimum Gasteiger partial charge on any atom is -0.324 e. The summed E-state index contributed by atoms with van der Waals surface area (Å²) in [5, 5.41) is 7.00. The molecule has 2 heterocycles. The molecule has 0 bridgehead atoms. The van der Waals surface area contributed by atoms with E-state index in [-0.39, 0.29) is 30.1 Å². The van der Waals surface area contributed by atoms with Crippen LogP contribution in [0.25, 0.3) is 0 Å². The number of nitrogens with one attached hydrogen (secondary N) is 1. The Morgan fingerprint density at radius 1 is 1.10 bits per heavy atom. The Hall–Kier alpha value is -3.74. The molecule has 0 radical (unpaired) electrons. The molecule has 1 aliphatic rings. The second kappa shape index (κ2) is 8.18. The molecule has 4 rings (SSSR count). The number of fused-ring (bicyclic) bond motifs is 1. The van der Waals surface area contributed by atoms with Crippen LogP contribution in [0.15, 0.2) is 59.4 Å². The van der Waals surface area contributed by atoms with Gasteiger partial charge in [0, 0.05) is 23.5 Å². The van der Waals surface area contributed by atoms with Crippen LogP contribution in [-0.4, -0.2) is 27.6 Å². The number of anilines is 2. The van der Waals surface area contributed by atoms with Crippen molar-refractivity contribution in [3.8, 4) is 0 Å². The second-order valence-electron chi connectivity index (χ2n) is 7.94. The van der Waals surface area contributed by atoms with Gasteiger partial charge in [0.2, 0.25) is 5.91 Å². The van der Waals surface area contributed by atoms with E-state index in [2.05, 4.69) is 10.4 Å². The molecule has 31 heavy (non-hydrogen) atoms. The van der Waals surface area contributed by atoms with E-state index in [4.69, 9.17) is 0 Å². The lowest BCUT2D eigenvalue weighted by molar-refractivity contribution is -0.117. The number of amides is 2. The number of rotatable bonds is 4. The van der Waals surface area contributed by atoms with Crippen LogP contribution in [0, 0.1) is 13.8 Å². The molecular formula is C24H24N4O3. The van der Waals surface area contributed by atoms with Crippen LogP contribution in [0.4, 0.5) is 11.4 Å². The van der Waals surface area contributed by atoms with Gasteiger partial charge in [0.25, 0.3) is 11.5 Å². The van der Waals surface area contributed by atoms with E-state index in [1.54, 1.807) is 4.90 Å². The summed E-state index contributed by atoms with van der Waals surface area (Å²) in [4.78, 5) is 39.7. The van der Waals surface area contributed by atoms with Gasteiger partial charge in [-0.3, -0.25) is 14.4 Å². The van der Waals surface area contributed by atoms with Crippen LogP contribution >= 0.6 is 0 Å². The molecular weight excluding hydrogens is 392 g/mol. The van der Waals surface area contributed by atoms with E-state index in [1.165, 1.54) is 12.1 Å². The Balaban J connectivity index is 1.55. The third kappa shape index (κ3) is 4.12. The molecule has 1 aliphatic heterocycles. The fraction of sp³-hybridized carbons (Fsp3) is 0.250. The molecule has 0 fully saturated rings. The maximum Gasteiger partial charge on any atom is 0.278 e. The third-order valence-electron chi connectivity index (χ3n) is 5.46. The standard InChI is InChI=1S/C24H24N4O3/c1-15-8-9-19(16(2)12-15)25-22(29)14-27-23(30)11-10-20(26-27)24(31)28-17(3)13-18-6-4-5-7-21(18)28/h4-12,17H,13-14H2,1-3H3,(H,25,29)/t17-/m0/s1. The first-order valence-electron chi connectivity index (χ1n) is 10.2. The molecule has 7 nitrogen and oxygen atoms in total. The summed E-state index contributed by atoms with van der Waals surface area (Å²) < 4.78 is 1.03. The zero-order valence-electron chi connectivity index (χ0n) is 17.8. The Morgan fingerprint density at radius 2 is 1.87 bits per heavy atom. The molecule has 7 heteroatoms. The number of carbonyl (C=O) groups is 2. The van der Waals surface area contributed by atoms with Gasteiger partial charge in [0.15, 0.2) is 0 Å². The SMILES string of the molecule is Cc1ccc(NC(=O)Cn2nc(C(=O)N3c4ccccc4C[C@@H]3C)ccc2=O)c(C)c1. The van der Waals surface area contributed by atoms with Crippen molar-refractivity contribution in [2.45, 2.75) is 39.8 Å². The maximum absolute atomic E-state index is 13.2. The van der Waals surface area contributed by atoms with Gasteiger partial charge in [-0.25, -0.2) is 4.68 Å². The smallest absolute Gasteiger partial charge is 0.278 e. The predicted octanol–water partition coefficient (Wildman–Crippen LogP) is 3.09. The lowest BCUT2D eigenvalue weighted by Gasteiger charge is -2.22. The van der Waals surface area contributed by atoms with E-state index in [0.29, 0.717) is 5.69 Å². The first-order chi connectivity index (χ1) is 14.8. The van der Waals surface area contributed by atoms with E-state index in [9.17, 15) is 14.4 Å². The summed E-state index contributed by atoms with van der Waals surface area (Å²) in [7, 11) is 0. The van der Waals surface area contributed by atoms with Gasteiger partial charge in [0.1, 0.15) is 12.2 Å². The quantitative estimate of drug-likeness (QED) is 0.708. The number of benzene rings is 2. The lowest BCUT2D eigenvalue weighted by atomic mass is 10.1. The first-order valence-corrected chi connectivity index (χ1v) is 10.2. The van der Waals surface area contributed by atoms with Crippen LogP contribution in [0.5, 0.6) is 0 Å². The molecule has 0 saturated carbocycles. The first kappa shape index (κ1) is 20.5. The highest BCUT2D eigenvalue weighted by Crippen LogP contribution is 2.32. The Morgan fingerprint density at radius 3 is 2.65 bits per heavy atom. The van der Waals surface area contributed by atoms with Crippen LogP contribution < -0.4 is 15.8 Å². The maximum atomic E-state index is 13.2. The Labute approximate surface area is 180 Å². The van der Waals surface area contributed by atoms with Gasteiger partial charge in [0.05, 0.1) is 0 Å². The minimum atomic E-state index is -0.442. The van der Waals surface area contributed by atoms with Gasteiger partial charge in [-0.15, -0.1) is 0 Å². The van der Waals surface area contributed by atoms with E-state index in [0.717, 1.165) is 33.5 Å². The van der Waals surface area contributed by atoms with E-state index in [1.807, 2.05) is 63.2 Å². The zero-order chi connectivity index (χ0) is 22.1. The number of aryl methyl sites for hydroxylation is 2. The predicted molar refractivity (Wildman–Crippen MR) is 119 cm³/mol. The molecule has 0 aliphatic carbocycles. The van der Waals surface area contributed by atoms with Crippen molar-refractivity contribution in [2.24, 2.45) is 0 Å². The number of hydrogen-bond acceptors (Lipinski definition) is 4. The van der Waals surface area contributed by atoms with Gasteiger partial charge in [-0.1, -0.05) is 35.9 Å². The number of nitrogens with zero attached hydrogens (tertiary/aromatic N) is 3. The summed E-state index contributed by atoms with van der Waals surface area (Å²) in [5.74, 6) is -0.674. The van der Waals surface area contributed by atoms with Crippen molar-refractivity contribution in [3.05, 3.63) is 87.3 Å². The van der Waals surface area contributed by atoms with Crippen LogP contribution in [0.2, 0.25) is 0 Å². The molecule has 0 saturated heterocycles. The highest BCUT2D eigenvalue weighted by Gasteiger charge is 2.32. The van der Waals surface area contributed by atoms with Gasteiger partial charge in [-0.2, -0.15) is 5.10 Å². The Bertz CT molecular complexity index is 1230. The largest absolute Gasteiger partial charge is 0.324 e. The lowest BCUT2D eigenvalue weighted by Crippen LogP contribution is -2.38. The average Bonchev–Trinajstić information content (AvgIpc) is 3.07. The van der Waals surface area contributed by atoms with Crippen LogP contribution in [-0.2, 0) is 17.8 Å². The number of aromatic nitrogens is 2. The van der Waals surface area contributed by atoms with Gasteiger partial charge >= 0.3 is 0 Å². The van der Waals surface area contributed by atoms with E-state index < -0.39 is 5.56 Å². The average molecular weight is 416 g/mol. The van der Waals surface area contributed by atoms with Crippen LogP contribution in [0.1, 0.15) is 34.1 Å². The summed E-state index contributed by atoms with van der Waals surface area (Å²) in [6, 6.07) is 16.1. The molecule has 0 spiro atoms. The summed E-state index contributed by atoms with van der Waals surface area (Å²) in [5.41, 5.74) is 4.34. The fourth-order valence-electron chi connectivity index (χ4n) is 3.95. The molecule has 1 N–H and O–H groups in total. The highest BCUT2D eigenvalue weighted by molar-refractivity contribution is 6.06. The van der Waals surface area contributed by atoms with Crippen molar-refractivity contribution in [2.75, 3.05) is 10.2 Å². The van der Waals surface area contributed by atoms with Crippen molar-refractivity contribution in [3.63, 3.8) is 0 Å². The summed E-state index contributed by atoms with van der Waals surface area (Å²) >= 11 is 0. The third-order valence-corrected chi connectivity index (χ3v) is 5.46. The van der Waals surface area contributed by atoms with Gasteiger partial charge < -0.3 is 10.2 Å². The van der Waals surface area contributed by atoms with Crippen molar-refractivity contribution in [1.82, 2.24) is 9.78 Å². The van der Waals surface area contributed by atoms with Crippen molar-refractivity contribution < 1.29 is 9.59 Å². The van der Waals surface area contributed by atoms with Crippen LogP contribution in [0.3, 0.4) is 0 Å². The fourth-order valence-corrected chi connectivity index (χ4v) is 3.95. The number of hydrogen-bond donors (Lipinski definition) is 1. The molecule has 2 amide bonds. The van der Waals surface area contributed by atoms with Crippen molar-refractivity contribution in [1.29, 1.82) is 0 Å². The summed E-state index contributed by atoms with van der Waals surface area (Å²) in [6.07, 6.45) is 0.764. The molecule has 158 valence electrons. The highest BCUT2D eigenvalue weighted by atomic mass is 16.2. The molecule has 1 aromatic heterocycles. The molecule has 0 unspecified atom stereocenters. The topological polar surface area (TPSA) is 84.3 Å². The normalized spacial score (nSPS) is 14.9. The minimum absolute atomic E-state index is 0.0140. The summed E-state index contributed by atoms with van der Waals surface area (Å²) in [6.45, 7) is 5.58. The number of carbonyl (C=O) groups excluding carboxylic acids is 2. The number of para-hydroxylation sites is 1. The monoisotopic (exact) mass is 416 g/mol. The zero-order valence-corrected chi connectivity index (χ0v) is 17.8. The van der Waals surface area contributed by atoms with Gasteiger partial charge in [-0.05, 0) is 56.5 Å². The Kier molecular flexibility index (Phi) is 5.42.